The van der Waals surface area contributed by atoms with E-state index in [2.05, 4.69) is 0 Å². The van der Waals surface area contributed by atoms with E-state index in [0.717, 1.165) is 17.4 Å². The Morgan fingerprint density at radius 1 is 1.23 bits per heavy atom. The SMILES string of the molecule is COC(=O)c1c(OC(C)=O)c2ccccc2n1CCN(C)C. The van der Waals surface area contributed by atoms with Crippen molar-refractivity contribution in [1.82, 2.24) is 9.47 Å². The Balaban J connectivity index is 2.67. The van der Waals surface area contributed by atoms with Gasteiger partial charge in [0.05, 0.1) is 12.6 Å². The van der Waals surface area contributed by atoms with Crippen LogP contribution in [0.15, 0.2) is 24.3 Å². The van der Waals surface area contributed by atoms with Gasteiger partial charge < -0.3 is 18.9 Å². The van der Waals surface area contributed by atoms with Crippen LogP contribution in [-0.2, 0) is 16.1 Å². The van der Waals surface area contributed by atoms with Crippen LogP contribution in [0.2, 0.25) is 0 Å². The number of esters is 2. The van der Waals surface area contributed by atoms with E-state index in [1.54, 1.807) is 0 Å². The van der Waals surface area contributed by atoms with Gasteiger partial charge in [0.15, 0.2) is 11.4 Å². The molecule has 0 aliphatic heterocycles. The minimum atomic E-state index is -0.522. The lowest BCUT2D eigenvalue weighted by Crippen LogP contribution is -2.21. The summed E-state index contributed by atoms with van der Waals surface area (Å²) >= 11 is 0. The summed E-state index contributed by atoms with van der Waals surface area (Å²) < 4.78 is 12.0. The monoisotopic (exact) mass is 304 g/mol. The van der Waals surface area contributed by atoms with Gasteiger partial charge in [-0.2, -0.15) is 0 Å². The van der Waals surface area contributed by atoms with E-state index in [1.165, 1.54) is 14.0 Å². The van der Waals surface area contributed by atoms with Crippen LogP contribution >= 0.6 is 0 Å². The molecule has 22 heavy (non-hydrogen) atoms. The summed E-state index contributed by atoms with van der Waals surface area (Å²) in [5.74, 6) is -0.736. The summed E-state index contributed by atoms with van der Waals surface area (Å²) in [6.45, 7) is 2.63. The molecule has 0 spiro atoms. The van der Waals surface area contributed by atoms with Crippen LogP contribution in [0.5, 0.6) is 5.75 Å². The predicted molar refractivity (Wildman–Crippen MR) is 83.1 cm³/mol. The number of ether oxygens (including phenoxy) is 2. The highest BCUT2D eigenvalue weighted by molar-refractivity contribution is 6.02. The molecule has 1 heterocycles. The van der Waals surface area contributed by atoms with Crippen LogP contribution in [0, 0.1) is 0 Å². The van der Waals surface area contributed by atoms with Gasteiger partial charge in [0, 0.05) is 25.4 Å². The Bertz CT molecular complexity index is 703. The molecule has 1 aromatic carbocycles. The lowest BCUT2D eigenvalue weighted by atomic mass is 10.2. The first-order chi connectivity index (χ1) is 10.5. The number of para-hydroxylation sites is 1. The minimum absolute atomic E-state index is 0.258. The molecule has 0 amide bonds. The molecule has 0 aliphatic carbocycles. The van der Waals surface area contributed by atoms with Crippen molar-refractivity contribution in [1.29, 1.82) is 0 Å². The zero-order chi connectivity index (χ0) is 16.3. The number of likely N-dealkylation sites (N-methyl/N-ethyl adjacent to an activating group) is 1. The third kappa shape index (κ3) is 3.12. The van der Waals surface area contributed by atoms with Crippen LogP contribution in [0.25, 0.3) is 10.9 Å². The number of carbonyl (C=O) groups is 2. The average molecular weight is 304 g/mol. The van der Waals surface area contributed by atoms with Crippen molar-refractivity contribution < 1.29 is 19.1 Å². The van der Waals surface area contributed by atoms with Crippen LogP contribution in [0.4, 0.5) is 0 Å². The van der Waals surface area contributed by atoms with Gasteiger partial charge in [0.1, 0.15) is 0 Å². The fraction of sp³-hybridized carbons (Fsp3) is 0.375. The number of fused-ring (bicyclic) bond motifs is 1. The number of hydrogen-bond acceptors (Lipinski definition) is 5. The van der Waals surface area contributed by atoms with Crippen LogP contribution in [0.1, 0.15) is 17.4 Å². The number of benzene rings is 1. The standard InChI is InChI=1S/C16H20N2O4/c1-11(19)22-15-12-7-5-6-8-13(12)18(10-9-17(2)3)14(15)16(20)21-4/h5-8H,9-10H2,1-4H3. The van der Waals surface area contributed by atoms with Gasteiger partial charge in [-0.25, -0.2) is 4.79 Å². The second-order valence-corrected chi connectivity index (χ2v) is 5.24. The summed E-state index contributed by atoms with van der Waals surface area (Å²) in [6, 6.07) is 7.44. The van der Waals surface area contributed by atoms with E-state index in [0.29, 0.717) is 6.54 Å². The van der Waals surface area contributed by atoms with Crippen LogP contribution < -0.4 is 4.74 Å². The van der Waals surface area contributed by atoms with Crippen molar-refractivity contribution >= 4 is 22.8 Å². The Hall–Kier alpha value is -2.34. The third-order valence-electron chi connectivity index (χ3n) is 3.32. The molecule has 0 N–H and O–H groups in total. The van der Waals surface area contributed by atoms with E-state index in [-0.39, 0.29) is 11.4 Å². The summed E-state index contributed by atoms with van der Waals surface area (Å²) in [4.78, 5) is 25.6. The van der Waals surface area contributed by atoms with Gasteiger partial charge in [0.2, 0.25) is 0 Å². The molecule has 2 rings (SSSR count). The molecule has 1 aromatic heterocycles. The largest absolute Gasteiger partial charge is 0.464 e. The number of nitrogens with zero attached hydrogens (tertiary/aromatic N) is 2. The lowest BCUT2D eigenvalue weighted by molar-refractivity contribution is -0.131. The van der Waals surface area contributed by atoms with Crippen LogP contribution in [-0.4, -0.2) is 49.2 Å². The number of hydrogen-bond donors (Lipinski definition) is 0. The zero-order valence-electron chi connectivity index (χ0n) is 13.3. The van der Waals surface area contributed by atoms with Crippen molar-refractivity contribution in [3.63, 3.8) is 0 Å². The van der Waals surface area contributed by atoms with Crippen molar-refractivity contribution in [3.8, 4) is 5.75 Å². The number of aromatic nitrogens is 1. The maximum atomic E-state index is 12.2. The molecule has 6 nitrogen and oxygen atoms in total. The topological polar surface area (TPSA) is 60.8 Å². The molecule has 0 atom stereocenters. The first-order valence-electron chi connectivity index (χ1n) is 6.98. The van der Waals surface area contributed by atoms with Gasteiger partial charge in [-0.3, -0.25) is 4.79 Å². The molecule has 118 valence electrons. The number of methoxy groups -OCH3 is 1. The molecule has 0 aliphatic rings. The minimum Gasteiger partial charge on any atom is -0.464 e. The van der Waals surface area contributed by atoms with Crippen molar-refractivity contribution in [3.05, 3.63) is 30.0 Å². The van der Waals surface area contributed by atoms with Crippen molar-refractivity contribution in [2.75, 3.05) is 27.7 Å². The predicted octanol–water partition coefficient (Wildman–Crippen LogP) is 1.91. The maximum absolute atomic E-state index is 12.2. The highest BCUT2D eigenvalue weighted by Gasteiger charge is 2.25. The third-order valence-corrected chi connectivity index (χ3v) is 3.32. The first kappa shape index (κ1) is 16.0. The van der Waals surface area contributed by atoms with E-state index < -0.39 is 11.9 Å². The summed E-state index contributed by atoms with van der Waals surface area (Å²) in [5, 5.41) is 0.719. The van der Waals surface area contributed by atoms with Gasteiger partial charge in [0.25, 0.3) is 0 Å². The zero-order valence-corrected chi connectivity index (χ0v) is 13.3. The maximum Gasteiger partial charge on any atom is 0.358 e. The van der Waals surface area contributed by atoms with E-state index in [1.807, 2.05) is 47.8 Å². The van der Waals surface area contributed by atoms with Gasteiger partial charge >= 0.3 is 11.9 Å². The second-order valence-electron chi connectivity index (χ2n) is 5.24. The molecular formula is C16H20N2O4. The Morgan fingerprint density at radius 3 is 2.50 bits per heavy atom. The van der Waals surface area contributed by atoms with E-state index in [4.69, 9.17) is 9.47 Å². The van der Waals surface area contributed by atoms with Crippen LogP contribution in [0.3, 0.4) is 0 Å². The fourth-order valence-electron chi connectivity index (χ4n) is 2.35. The molecule has 0 bridgehead atoms. The smallest absolute Gasteiger partial charge is 0.358 e. The number of carbonyl (C=O) groups excluding carboxylic acids is 2. The highest BCUT2D eigenvalue weighted by atomic mass is 16.5. The van der Waals surface area contributed by atoms with Crippen molar-refractivity contribution in [2.45, 2.75) is 13.5 Å². The van der Waals surface area contributed by atoms with E-state index in [9.17, 15) is 9.59 Å². The van der Waals surface area contributed by atoms with Gasteiger partial charge in [-0.1, -0.05) is 12.1 Å². The fourth-order valence-corrected chi connectivity index (χ4v) is 2.35. The Morgan fingerprint density at radius 2 is 1.91 bits per heavy atom. The average Bonchev–Trinajstić information content (AvgIpc) is 2.78. The molecule has 0 saturated heterocycles. The lowest BCUT2D eigenvalue weighted by Gasteiger charge is -2.13. The molecule has 6 heteroatoms. The molecule has 0 saturated carbocycles. The highest BCUT2D eigenvalue weighted by Crippen LogP contribution is 2.34. The second kappa shape index (κ2) is 6.62. The summed E-state index contributed by atoms with van der Waals surface area (Å²) in [7, 11) is 5.22. The first-order valence-corrected chi connectivity index (χ1v) is 6.98. The van der Waals surface area contributed by atoms with Crippen molar-refractivity contribution in [2.24, 2.45) is 0 Å². The molecule has 2 aromatic rings. The quantitative estimate of drug-likeness (QED) is 0.790. The summed E-state index contributed by atoms with van der Waals surface area (Å²) in [6.07, 6.45) is 0. The molecular weight excluding hydrogens is 284 g/mol. The van der Waals surface area contributed by atoms with E-state index >= 15 is 0 Å². The molecule has 0 radical (unpaired) electrons. The number of rotatable bonds is 5. The Kier molecular flexibility index (Phi) is 4.82. The normalized spacial score (nSPS) is 11.0. The summed E-state index contributed by atoms with van der Waals surface area (Å²) in [5.41, 5.74) is 1.10. The molecule has 0 fully saturated rings. The van der Waals surface area contributed by atoms with Gasteiger partial charge in [-0.05, 0) is 26.2 Å². The molecule has 0 unspecified atom stereocenters. The Labute approximate surface area is 129 Å². The van der Waals surface area contributed by atoms with Gasteiger partial charge in [-0.15, -0.1) is 0 Å².